The van der Waals surface area contributed by atoms with Crippen LogP contribution in [0.3, 0.4) is 0 Å². The number of ether oxygens (including phenoxy) is 1. The van der Waals surface area contributed by atoms with Crippen molar-refractivity contribution < 1.29 is 4.74 Å². The van der Waals surface area contributed by atoms with Crippen molar-refractivity contribution in [3.63, 3.8) is 0 Å². The average molecular weight is 203 g/mol. The summed E-state index contributed by atoms with van der Waals surface area (Å²) in [6.45, 7) is 0. The highest BCUT2D eigenvalue weighted by molar-refractivity contribution is 7.19. The maximum absolute atomic E-state index is 8.58. The predicted molar refractivity (Wildman–Crippen MR) is 57.7 cm³/mol. The molecule has 1 aromatic heterocycles. The Bertz CT molecular complexity index is 495. The molecule has 0 saturated heterocycles. The second-order valence-electron chi connectivity index (χ2n) is 2.95. The lowest BCUT2D eigenvalue weighted by molar-refractivity contribution is 0.415. The van der Waals surface area contributed by atoms with E-state index in [0.29, 0.717) is 6.42 Å². The number of nitrogens with zero attached hydrogens (tertiary/aromatic N) is 1. The lowest BCUT2D eigenvalue weighted by atomic mass is 10.2. The monoisotopic (exact) mass is 203 g/mol. The molecule has 2 nitrogen and oxygen atoms in total. The summed E-state index contributed by atoms with van der Waals surface area (Å²) in [6, 6.07) is 10.2. The fourth-order valence-electron chi connectivity index (χ4n) is 1.37. The molecule has 70 valence electrons. The minimum Gasteiger partial charge on any atom is -0.497 e. The first-order valence-corrected chi connectivity index (χ1v) is 5.08. The van der Waals surface area contributed by atoms with Gasteiger partial charge in [-0.25, -0.2) is 0 Å². The van der Waals surface area contributed by atoms with Gasteiger partial charge in [0.05, 0.1) is 19.6 Å². The van der Waals surface area contributed by atoms with Crippen LogP contribution >= 0.6 is 11.3 Å². The van der Waals surface area contributed by atoms with Crippen molar-refractivity contribution in [2.75, 3.05) is 7.11 Å². The number of methoxy groups -OCH3 is 1. The Labute approximate surface area is 86.4 Å². The van der Waals surface area contributed by atoms with Gasteiger partial charge in [-0.3, -0.25) is 0 Å². The Morgan fingerprint density at radius 2 is 2.29 bits per heavy atom. The minimum atomic E-state index is 0.488. The molecule has 0 saturated carbocycles. The third-order valence-corrected chi connectivity index (χ3v) is 3.14. The summed E-state index contributed by atoms with van der Waals surface area (Å²) < 4.78 is 6.34. The molecule has 0 spiro atoms. The van der Waals surface area contributed by atoms with Crippen LogP contribution in [-0.4, -0.2) is 7.11 Å². The van der Waals surface area contributed by atoms with Gasteiger partial charge in [0.15, 0.2) is 0 Å². The molecule has 14 heavy (non-hydrogen) atoms. The summed E-state index contributed by atoms with van der Waals surface area (Å²) in [4.78, 5) is 1.11. The summed E-state index contributed by atoms with van der Waals surface area (Å²) >= 11 is 1.66. The van der Waals surface area contributed by atoms with Gasteiger partial charge in [0.2, 0.25) is 0 Å². The standard InChI is InChI=1S/C11H9NOS/c1-13-9-2-3-11-8(6-9)7-10(14-11)4-5-12/h2-3,6-7H,4H2,1H3. The molecule has 0 aliphatic carbocycles. The van der Waals surface area contributed by atoms with Crippen LogP contribution < -0.4 is 4.74 Å². The number of thiophene rings is 1. The topological polar surface area (TPSA) is 33.0 Å². The second kappa shape index (κ2) is 3.69. The van der Waals surface area contributed by atoms with Gasteiger partial charge >= 0.3 is 0 Å². The highest BCUT2D eigenvalue weighted by atomic mass is 32.1. The van der Waals surface area contributed by atoms with Crippen molar-refractivity contribution >= 4 is 21.4 Å². The Kier molecular flexibility index (Phi) is 2.38. The van der Waals surface area contributed by atoms with E-state index in [1.807, 2.05) is 24.3 Å². The number of fused-ring (bicyclic) bond motifs is 1. The largest absolute Gasteiger partial charge is 0.497 e. The van der Waals surface area contributed by atoms with E-state index in [-0.39, 0.29) is 0 Å². The number of hydrogen-bond donors (Lipinski definition) is 0. The fraction of sp³-hybridized carbons (Fsp3) is 0.182. The first-order chi connectivity index (χ1) is 6.83. The fourth-order valence-corrected chi connectivity index (χ4v) is 2.35. The molecule has 1 heterocycles. The Morgan fingerprint density at radius 3 is 3.00 bits per heavy atom. The average Bonchev–Trinajstić information content (AvgIpc) is 2.59. The van der Waals surface area contributed by atoms with Crippen molar-refractivity contribution in [2.45, 2.75) is 6.42 Å². The van der Waals surface area contributed by atoms with E-state index >= 15 is 0 Å². The van der Waals surface area contributed by atoms with Crippen LogP contribution in [0.25, 0.3) is 10.1 Å². The van der Waals surface area contributed by atoms with Crippen molar-refractivity contribution in [3.05, 3.63) is 29.1 Å². The maximum Gasteiger partial charge on any atom is 0.119 e. The van der Waals surface area contributed by atoms with Gasteiger partial charge in [-0.1, -0.05) is 0 Å². The minimum absolute atomic E-state index is 0.488. The van der Waals surface area contributed by atoms with Gasteiger partial charge in [-0.2, -0.15) is 5.26 Å². The number of hydrogen-bond acceptors (Lipinski definition) is 3. The van der Waals surface area contributed by atoms with Crippen molar-refractivity contribution in [1.82, 2.24) is 0 Å². The van der Waals surface area contributed by atoms with Crippen LogP contribution in [-0.2, 0) is 6.42 Å². The molecule has 0 bridgehead atoms. The molecule has 1 aromatic carbocycles. The van der Waals surface area contributed by atoms with Gasteiger partial charge < -0.3 is 4.74 Å². The lowest BCUT2D eigenvalue weighted by Gasteiger charge is -1.97. The third-order valence-electron chi connectivity index (χ3n) is 2.03. The molecule has 0 N–H and O–H groups in total. The molecule has 0 atom stereocenters. The molecule has 2 rings (SSSR count). The van der Waals surface area contributed by atoms with E-state index in [1.165, 1.54) is 4.70 Å². The van der Waals surface area contributed by atoms with Crippen LogP contribution in [0, 0.1) is 11.3 Å². The first-order valence-electron chi connectivity index (χ1n) is 4.27. The molecular formula is C11H9NOS. The summed E-state index contributed by atoms with van der Waals surface area (Å²) in [6.07, 6.45) is 0.488. The van der Waals surface area contributed by atoms with Crippen molar-refractivity contribution in [3.8, 4) is 11.8 Å². The SMILES string of the molecule is COc1ccc2sc(CC#N)cc2c1. The zero-order valence-corrected chi connectivity index (χ0v) is 8.60. The van der Waals surface area contributed by atoms with Crippen molar-refractivity contribution in [1.29, 1.82) is 5.26 Å². The molecule has 0 aliphatic rings. The van der Waals surface area contributed by atoms with Gasteiger partial charge in [0, 0.05) is 9.58 Å². The predicted octanol–water partition coefficient (Wildman–Crippen LogP) is 2.98. The van der Waals surface area contributed by atoms with Crippen molar-refractivity contribution in [2.24, 2.45) is 0 Å². The van der Waals surface area contributed by atoms with E-state index in [4.69, 9.17) is 10.00 Å². The number of nitriles is 1. The normalized spacial score (nSPS) is 10.0. The zero-order valence-electron chi connectivity index (χ0n) is 7.78. The van der Waals surface area contributed by atoms with Crippen LogP contribution in [0.15, 0.2) is 24.3 Å². The zero-order chi connectivity index (χ0) is 9.97. The van der Waals surface area contributed by atoms with Gasteiger partial charge in [-0.05, 0) is 29.7 Å². The van der Waals surface area contributed by atoms with E-state index in [2.05, 4.69) is 6.07 Å². The van der Waals surface area contributed by atoms with Crippen LogP contribution in [0.4, 0.5) is 0 Å². The van der Waals surface area contributed by atoms with Crippen LogP contribution in [0.5, 0.6) is 5.75 Å². The smallest absolute Gasteiger partial charge is 0.119 e. The van der Waals surface area contributed by atoms with Gasteiger partial charge in [0.25, 0.3) is 0 Å². The number of benzene rings is 1. The Hall–Kier alpha value is -1.53. The van der Waals surface area contributed by atoms with E-state index in [9.17, 15) is 0 Å². The molecule has 0 unspecified atom stereocenters. The van der Waals surface area contributed by atoms with E-state index < -0.39 is 0 Å². The molecule has 0 fully saturated rings. The quantitative estimate of drug-likeness (QED) is 0.751. The summed E-state index contributed by atoms with van der Waals surface area (Å²) in [7, 11) is 1.66. The lowest BCUT2D eigenvalue weighted by Crippen LogP contribution is -1.79. The third kappa shape index (κ3) is 1.57. The highest BCUT2D eigenvalue weighted by Gasteiger charge is 2.02. The Balaban J connectivity index is 2.50. The van der Waals surface area contributed by atoms with E-state index in [0.717, 1.165) is 16.0 Å². The highest BCUT2D eigenvalue weighted by Crippen LogP contribution is 2.28. The summed E-state index contributed by atoms with van der Waals surface area (Å²) in [5, 5.41) is 9.73. The molecular weight excluding hydrogens is 194 g/mol. The molecule has 2 aromatic rings. The van der Waals surface area contributed by atoms with Crippen LogP contribution in [0.2, 0.25) is 0 Å². The Morgan fingerprint density at radius 1 is 1.43 bits per heavy atom. The summed E-state index contributed by atoms with van der Waals surface area (Å²) in [5.74, 6) is 0.860. The van der Waals surface area contributed by atoms with Gasteiger partial charge in [-0.15, -0.1) is 11.3 Å². The molecule has 0 radical (unpaired) electrons. The summed E-state index contributed by atoms with van der Waals surface area (Å²) in [5.41, 5.74) is 0. The molecule has 0 amide bonds. The number of rotatable bonds is 2. The first kappa shape index (κ1) is 9.04. The molecule has 0 aliphatic heterocycles. The molecule has 3 heteroatoms. The van der Waals surface area contributed by atoms with E-state index in [1.54, 1.807) is 18.4 Å². The van der Waals surface area contributed by atoms with Gasteiger partial charge in [0.1, 0.15) is 5.75 Å². The van der Waals surface area contributed by atoms with Crippen LogP contribution in [0.1, 0.15) is 4.88 Å². The second-order valence-corrected chi connectivity index (χ2v) is 4.12. The maximum atomic E-state index is 8.58.